The van der Waals surface area contributed by atoms with Gasteiger partial charge >= 0.3 is 0 Å². The van der Waals surface area contributed by atoms with E-state index in [9.17, 15) is 0 Å². The molecular formula is C10H6N4O. The second-order valence-corrected chi connectivity index (χ2v) is 3.03. The SMILES string of the molecule is c1cnc2ccc(-c3conn3)nc2c1. The van der Waals surface area contributed by atoms with Crippen LogP contribution in [0.4, 0.5) is 0 Å². The molecular weight excluding hydrogens is 192 g/mol. The molecule has 0 N–H and O–H groups in total. The van der Waals surface area contributed by atoms with Gasteiger partial charge in [0.15, 0.2) is 12.0 Å². The third-order valence-corrected chi connectivity index (χ3v) is 2.08. The Kier molecular flexibility index (Phi) is 1.68. The minimum Gasteiger partial charge on any atom is -0.345 e. The van der Waals surface area contributed by atoms with E-state index < -0.39 is 0 Å². The van der Waals surface area contributed by atoms with E-state index >= 15 is 0 Å². The van der Waals surface area contributed by atoms with Crippen molar-refractivity contribution in [3.63, 3.8) is 0 Å². The van der Waals surface area contributed by atoms with Crippen LogP contribution in [-0.4, -0.2) is 20.3 Å². The van der Waals surface area contributed by atoms with Crippen LogP contribution in [0.1, 0.15) is 0 Å². The monoisotopic (exact) mass is 198 g/mol. The van der Waals surface area contributed by atoms with Gasteiger partial charge in [0.1, 0.15) is 0 Å². The Bertz CT molecular complexity index is 591. The number of aromatic nitrogens is 4. The Morgan fingerprint density at radius 1 is 1.00 bits per heavy atom. The van der Waals surface area contributed by atoms with Gasteiger partial charge in [-0.2, -0.15) is 0 Å². The highest BCUT2D eigenvalue weighted by Crippen LogP contribution is 2.16. The minimum absolute atomic E-state index is 0.626. The molecule has 15 heavy (non-hydrogen) atoms. The van der Waals surface area contributed by atoms with E-state index in [-0.39, 0.29) is 0 Å². The number of hydrogen-bond donors (Lipinski definition) is 0. The standard InChI is InChI=1S/C10H6N4O/c1-2-8-7(11-5-1)3-4-9(12-8)10-6-15-14-13-10/h1-6H. The summed E-state index contributed by atoms with van der Waals surface area (Å²) in [6, 6.07) is 7.49. The van der Waals surface area contributed by atoms with Crippen molar-refractivity contribution in [1.82, 2.24) is 20.3 Å². The van der Waals surface area contributed by atoms with Gasteiger partial charge in [-0.1, -0.05) is 0 Å². The first-order valence-corrected chi connectivity index (χ1v) is 4.43. The predicted molar refractivity (Wildman–Crippen MR) is 52.8 cm³/mol. The Hall–Kier alpha value is -2.30. The summed E-state index contributed by atoms with van der Waals surface area (Å²) in [5, 5.41) is 7.19. The second-order valence-electron chi connectivity index (χ2n) is 3.03. The van der Waals surface area contributed by atoms with E-state index in [2.05, 4.69) is 24.9 Å². The van der Waals surface area contributed by atoms with Crippen LogP contribution in [-0.2, 0) is 0 Å². The average Bonchev–Trinajstić information content (AvgIpc) is 2.82. The number of pyridine rings is 2. The molecule has 0 aromatic carbocycles. The van der Waals surface area contributed by atoms with Gasteiger partial charge < -0.3 is 4.52 Å². The van der Waals surface area contributed by atoms with Gasteiger partial charge in [0.25, 0.3) is 0 Å². The maximum absolute atomic E-state index is 4.66. The van der Waals surface area contributed by atoms with E-state index in [1.54, 1.807) is 6.20 Å². The Balaban J connectivity index is 2.22. The molecule has 0 spiro atoms. The Labute approximate surface area is 84.8 Å². The summed E-state index contributed by atoms with van der Waals surface area (Å²) in [5.74, 6) is 0. The molecule has 0 amide bonds. The zero-order chi connectivity index (χ0) is 10.1. The second kappa shape index (κ2) is 3.13. The Morgan fingerprint density at radius 3 is 2.87 bits per heavy atom. The Morgan fingerprint density at radius 2 is 2.00 bits per heavy atom. The minimum atomic E-state index is 0.626. The van der Waals surface area contributed by atoms with Crippen LogP contribution in [0, 0.1) is 0 Å². The lowest BCUT2D eigenvalue weighted by Gasteiger charge is -1.97. The molecule has 0 bridgehead atoms. The van der Waals surface area contributed by atoms with Crippen molar-refractivity contribution in [2.24, 2.45) is 0 Å². The molecule has 5 nitrogen and oxygen atoms in total. The van der Waals surface area contributed by atoms with E-state index in [4.69, 9.17) is 0 Å². The van der Waals surface area contributed by atoms with Gasteiger partial charge in [-0.05, 0) is 24.3 Å². The molecule has 0 fully saturated rings. The third kappa shape index (κ3) is 1.34. The van der Waals surface area contributed by atoms with E-state index in [1.807, 2.05) is 24.3 Å². The van der Waals surface area contributed by atoms with Crippen LogP contribution in [0.5, 0.6) is 0 Å². The highest BCUT2D eigenvalue weighted by molar-refractivity contribution is 5.76. The van der Waals surface area contributed by atoms with Crippen molar-refractivity contribution in [2.45, 2.75) is 0 Å². The summed E-state index contributed by atoms with van der Waals surface area (Å²) in [5.41, 5.74) is 3.05. The van der Waals surface area contributed by atoms with Gasteiger partial charge in [0.05, 0.1) is 16.7 Å². The number of nitrogens with zero attached hydrogens (tertiary/aromatic N) is 4. The molecule has 0 atom stereocenters. The van der Waals surface area contributed by atoms with Crippen LogP contribution in [0.3, 0.4) is 0 Å². The zero-order valence-corrected chi connectivity index (χ0v) is 7.66. The number of rotatable bonds is 1. The van der Waals surface area contributed by atoms with Crippen molar-refractivity contribution in [1.29, 1.82) is 0 Å². The van der Waals surface area contributed by atoms with E-state index in [0.717, 1.165) is 16.7 Å². The van der Waals surface area contributed by atoms with Crippen molar-refractivity contribution in [3.05, 3.63) is 36.7 Å². The maximum atomic E-state index is 4.66. The fourth-order valence-electron chi connectivity index (χ4n) is 1.38. The molecule has 3 aromatic rings. The quantitative estimate of drug-likeness (QED) is 0.595. The fourth-order valence-corrected chi connectivity index (χ4v) is 1.38. The molecule has 72 valence electrons. The molecule has 0 unspecified atom stereocenters. The van der Waals surface area contributed by atoms with Crippen LogP contribution < -0.4 is 0 Å². The van der Waals surface area contributed by atoms with E-state index in [1.165, 1.54) is 6.26 Å². The van der Waals surface area contributed by atoms with Gasteiger partial charge in [-0.15, -0.1) is 5.10 Å². The van der Waals surface area contributed by atoms with Gasteiger partial charge in [0, 0.05) is 11.5 Å². The molecule has 0 aliphatic heterocycles. The maximum Gasteiger partial charge on any atom is 0.153 e. The largest absolute Gasteiger partial charge is 0.345 e. The molecule has 3 aromatic heterocycles. The summed E-state index contributed by atoms with van der Waals surface area (Å²) < 4.78 is 4.66. The normalized spacial score (nSPS) is 10.7. The molecule has 0 saturated heterocycles. The smallest absolute Gasteiger partial charge is 0.153 e. The van der Waals surface area contributed by atoms with Crippen molar-refractivity contribution in [2.75, 3.05) is 0 Å². The van der Waals surface area contributed by atoms with Crippen LogP contribution in [0.25, 0.3) is 22.4 Å². The fraction of sp³-hybridized carbons (Fsp3) is 0. The topological polar surface area (TPSA) is 64.7 Å². The first-order chi connectivity index (χ1) is 7.43. The number of hydrogen-bond acceptors (Lipinski definition) is 5. The van der Waals surface area contributed by atoms with E-state index in [0.29, 0.717) is 5.69 Å². The molecule has 0 saturated carbocycles. The summed E-state index contributed by atoms with van der Waals surface area (Å²) in [6.07, 6.45) is 3.20. The first-order valence-electron chi connectivity index (χ1n) is 4.43. The summed E-state index contributed by atoms with van der Waals surface area (Å²) >= 11 is 0. The van der Waals surface area contributed by atoms with Crippen molar-refractivity contribution < 1.29 is 4.52 Å². The average molecular weight is 198 g/mol. The van der Waals surface area contributed by atoms with Gasteiger partial charge in [-0.3, -0.25) is 4.98 Å². The molecule has 0 aliphatic carbocycles. The lowest BCUT2D eigenvalue weighted by Crippen LogP contribution is -1.86. The van der Waals surface area contributed by atoms with Crippen molar-refractivity contribution in [3.8, 4) is 11.4 Å². The van der Waals surface area contributed by atoms with Crippen LogP contribution >= 0.6 is 0 Å². The highest BCUT2D eigenvalue weighted by Gasteiger charge is 2.04. The molecule has 0 aliphatic rings. The molecule has 5 heteroatoms. The number of fused-ring (bicyclic) bond motifs is 1. The lowest BCUT2D eigenvalue weighted by atomic mass is 10.2. The van der Waals surface area contributed by atoms with Crippen LogP contribution in [0.2, 0.25) is 0 Å². The predicted octanol–water partition coefficient (Wildman–Crippen LogP) is 1.68. The van der Waals surface area contributed by atoms with Crippen LogP contribution in [0.15, 0.2) is 41.2 Å². The zero-order valence-electron chi connectivity index (χ0n) is 7.66. The lowest BCUT2D eigenvalue weighted by molar-refractivity contribution is 0.393. The molecule has 3 heterocycles. The molecule has 3 rings (SSSR count). The van der Waals surface area contributed by atoms with Gasteiger partial charge in [0.2, 0.25) is 0 Å². The van der Waals surface area contributed by atoms with Crippen molar-refractivity contribution >= 4 is 11.0 Å². The first kappa shape index (κ1) is 8.05. The third-order valence-electron chi connectivity index (χ3n) is 2.08. The highest BCUT2D eigenvalue weighted by atomic mass is 16.5. The summed E-state index contributed by atoms with van der Waals surface area (Å²) in [7, 11) is 0. The molecule has 0 radical (unpaired) electrons. The summed E-state index contributed by atoms with van der Waals surface area (Å²) in [6.45, 7) is 0. The van der Waals surface area contributed by atoms with Gasteiger partial charge in [-0.25, -0.2) is 4.98 Å². The summed E-state index contributed by atoms with van der Waals surface area (Å²) in [4.78, 5) is 8.57.